The average Bonchev–Trinajstić information content (AvgIpc) is 2.89. The van der Waals surface area contributed by atoms with E-state index in [9.17, 15) is 4.79 Å². The first-order valence-corrected chi connectivity index (χ1v) is 6.48. The molecule has 4 heteroatoms. The molecule has 0 aliphatic rings. The van der Waals surface area contributed by atoms with Crippen LogP contribution in [0.4, 0.5) is 5.00 Å². The zero-order valence-corrected chi connectivity index (χ0v) is 11.1. The van der Waals surface area contributed by atoms with Crippen molar-refractivity contribution in [1.29, 1.82) is 0 Å². The van der Waals surface area contributed by atoms with E-state index in [1.165, 1.54) is 16.0 Å². The zero-order valence-electron chi connectivity index (χ0n) is 10.3. The van der Waals surface area contributed by atoms with Crippen LogP contribution in [-0.2, 0) is 6.42 Å². The van der Waals surface area contributed by atoms with E-state index in [-0.39, 0.29) is 5.91 Å². The minimum Gasteiger partial charge on any atom is -0.357 e. The molecule has 0 fully saturated rings. The van der Waals surface area contributed by atoms with Gasteiger partial charge in [-0.25, -0.2) is 0 Å². The maximum atomic E-state index is 11.9. The second kappa shape index (κ2) is 4.75. The second-order valence-corrected chi connectivity index (χ2v) is 5.21. The molecule has 0 spiro atoms. The van der Waals surface area contributed by atoms with Crippen LogP contribution in [0.3, 0.4) is 0 Å². The molecule has 0 bridgehead atoms. The van der Waals surface area contributed by atoms with Crippen LogP contribution >= 0.6 is 11.3 Å². The molecule has 2 N–H and O–H groups in total. The predicted molar refractivity (Wildman–Crippen MR) is 71.9 cm³/mol. The molecule has 2 rings (SSSR count). The Morgan fingerprint density at radius 3 is 2.76 bits per heavy atom. The fraction of sp³-hybridized carbons (Fsp3) is 0.308. The number of thiophene rings is 1. The van der Waals surface area contributed by atoms with Crippen LogP contribution < -0.4 is 5.32 Å². The van der Waals surface area contributed by atoms with Gasteiger partial charge in [0.15, 0.2) is 0 Å². The monoisotopic (exact) mass is 248 g/mol. The van der Waals surface area contributed by atoms with Crippen LogP contribution in [0.25, 0.3) is 0 Å². The maximum Gasteiger partial charge on any atom is 0.272 e. The van der Waals surface area contributed by atoms with Gasteiger partial charge in [-0.15, -0.1) is 11.3 Å². The summed E-state index contributed by atoms with van der Waals surface area (Å²) in [7, 11) is 0. The molecule has 0 aromatic carbocycles. The summed E-state index contributed by atoms with van der Waals surface area (Å²) in [5.41, 5.74) is 3.13. The highest BCUT2D eigenvalue weighted by Gasteiger charge is 2.14. The molecule has 0 aliphatic carbocycles. The molecule has 2 aromatic rings. The fourth-order valence-electron chi connectivity index (χ4n) is 1.97. The Morgan fingerprint density at radius 1 is 1.47 bits per heavy atom. The standard InChI is InChI=1S/C13H16N2OS/c1-4-10-8(2)13(17-9(10)3)15-12(16)11-6-5-7-14-11/h5-7,14H,4H2,1-3H3,(H,15,16). The fourth-order valence-corrected chi connectivity index (χ4v) is 3.11. The third-order valence-corrected chi connectivity index (χ3v) is 4.06. The Morgan fingerprint density at radius 2 is 2.24 bits per heavy atom. The van der Waals surface area contributed by atoms with E-state index in [0.29, 0.717) is 5.69 Å². The first-order valence-electron chi connectivity index (χ1n) is 5.67. The van der Waals surface area contributed by atoms with E-state index in [1.807, 2.05) is 6.07 Å². The maximum absolute atomic E-state index is 11.9. The van der Waals surface area contributed by atoms with Gasteiger partial charge in [-0.3, -0.25) is 4.79 Å². The van der Waals surface area contributed by atoms with Gasteiger partial charge >= 0.3 is 0 Å². The first kappa shape index (κ1) is 11.9. The Balaban J connectivity index is 2.22. The molecule has 0 unspecified atom stereocenters. The van der Waals surface area contributed by atoms with Gasteiger partial charge in [0.25, 0.3) is 5.91 Å². The van der Waals surface area contributed by atoms with Crippen LogP contribution in [0.1, 0.15) is 33.4 Å². The van der Waals surface area contributed by atoms with Gasteiger partial charge in [-0.1, -0.05) is 6.92 Å². The SMILES string of the molecule is CCc1c(C)sc(NC(=O)c2ccc[nH]2)c1C. The molecule has 0 saturated carbocycles. The van der Waals surface area contributed by atoms with Gasteiger partial charge < -0.3 is 10.3 Å². The van der Waals surface area contributed by atoms with E-state index in [4.69, 9.17) is 0 Å². The lowest BCUT2D eigenvalue weighted by Gasteiger charge is -2.03. The number of carbonyl (C=O) groups is 1. The average molecular weight is 248 g/mol. The molecule has 90 valence electrons. The summed E-state index contributed by atoms with van der Waals surface area (Å²) in [6.45, 7) is 6.30. The highest BCUT2D eigenvalue weighted by molar-refractivity contribution is 7.16. The van der Waals surface area contributed by atoms with Crippen molar-refractivity contribution >= 4 is 22.2 Å². The molecule has 17 heavy (non-hydrogen) atoms. The molecule has 1 amide bonds. The number of carbonyl (C=O) groups excluding carboxylic acids is 1. The summed E-state index contributed by atoms with van der Waals surface area (Å²) in [6, 6.07) is 3.59. The molecule has 2 heterocycles. The number of hydrogen-bond acceptors (Lipinski definition) is 2. The van der Waals surface area contributed by atoms with Gasteiger partial charge in [0.05, 0.1) is 5.00 Å². The topological polar surface area (TPSA) is 44.9 Å². The Labute approximate surface area is 105 Å². The first-order chi connectivity index (χ1) is 8.13. The lowest BCUT2D eigenvalue weighted by atomic mass is 10.1. The number of aromatic nitrogens is 1. The number of rotatable bonds is 3. The Hall–Kier alpha value is -1.55. The molecule has 2 aromatic heterocycles. The summed E-state index contributed by atoms with van der Waals surface area (Å²) in [5, 5.41) is 3.91. The van der Waals surface area contributed by atoms with E-state index in [2.05, 4.69) is 31.1 Å². The van der Waals surface area contributed by atoms with Crippen LogP contribution in [0.2, 0.25) is 0 Å². The van der Waals surface area contributed by atoms with Crippen molar-refractivity contribution in [3.63, 3.8) is 0 Å². The van der Waals surface area contributed by atoms with Gasteiger partial charge in [0.1, 0.15) is 5.69 Å². The number of H-pyrrole nitrogens is 1. The van der Waals surface area contributed by atoms with Crippen molar-refractivity contribution in [2.45, 2.75) is 27.2 Å². The number of anilines is 1. The number of nitrogens with one attached hydrogen (secondary N) is 2. The quantitative estimate of drug-likeness (QED) is 0.857. The number of amides is 1. The van der Waals surface area contributed by atoms with Crippen molar-refractivity contribution in [3.8, 4) is 0 Å². The van der Waals surface area contributed by atoms with Crippen molar-refractivity contribution in [2.24, 2.45) is 0 Å². The van der Waals surface area contributed by atoms with Crippen LogP contribution in [0.15, 0.2) is 18.3 Å². The zero-order chi connectivity index (χ0) is 12.4. The van der Waals surface area contributed by atoms with E-state index in [1.54, 1.807) is 23.6 Å². The van der Waals surface area contributed by atoms with Crippen molar-refractivity contribution < 1.29 is 4.79 Å². The summed E-state index contributed by atoms with van der Waals surface area (Å²) in [6.07, 6.45) is 2.76. The largest absolute Gasteiger partial charge is 0.357 e. The second-order valence-electron chi connectivity index (χ2n) is 3.98. The lowest BCUT2D eigenvalue weighted by molar-refractivity contribution is 0.102. The minimum absolute atomic E-state index is 0.0815. The predicted octanol–water partition coefficient (Wildman–Crippen LogP) is 3.51. The number of hydrogen-bond donors (Lipinski definition) is 2. The summed E-state index contributed by atoms with van der Waals surface area (Å²) in [4.78, 5) is 16.1. The third kappa shape index (κ3) is 2.26. The van der Waals surface area contributed by atoms with E-state index >= 15 is 0 Å². The highest BCUT2D eigenvalue weighted by atomic mass is 32.1. The minimum atomic E-state index is -0.0815. The molecule has 0 atom stereocenters. The third-order valence-electron chi connectivity index (χ3n) is 2.90. The number of aromatic amines is 1. The van der Waals surface area contributed by atoms with Crippen molar-refractivity contribution in [1.82, 2.24) is 4.98 Å². The van der Waals surface area contributed by atoms with E-state index < -0.39 is 0 Å². The summed E-state index contributed by atoms with van der Waals surface area (Å²) >= 11 is 1.65. The lowest BCUT2D eigenvalue weighted by Crippen LogP contribution is -2.11. The Bertz CT molecular complexity index is 526. The van der Waals surface area contributed by atoms with E-state index in [0.717, 1.165) is 11.4 Å². The molecule has 0 aliphatic heterocycles. The smallest absolute Gasteiger partial charge is 0.272 e. The molecular formula is C13H16N2OS. The molecule has 3 nitrogen and oxygen atoms in total. The van der Waals surface area contributed by atoms with Crippen LogP contribution in [0, 0.1) is 13.8 Å². The van der Waals surface area contributed by atoms with Crippen LogP contribution in [-0.4, -0.2) is 10.9 Å². The van der Waals surface area contributed by atoms with Gasteiger partial charge in [0.2, 0.25) is 0 Å². The molecular weight excluding hydrogens is 232 g/mol. The van der Waals surface area contributed by atoms with Crippen molar-refractivity contribution in [3.05, 3.63) is 40.0 Å². The number of aryl methyl sites for hydroxylation is 1. The Kier molecular flexibility index (Phi) is 3.33. The van der Waals surface area contributed by atoms with Crippen molar-refractivity contribution in [2.75, 3.05) is 5.32 Å². The molecule has 0 radical (unpaired) electrons. The van der Waals surface area contributed by atoms with Crippen LogP contribution in [0.5, 0.6) is 0 Å². The normalized spacial score (nSPS) is 10.5. The van der Waals surface area contributed by atoms with Gasteiger partial charge in [-0.05, 0) is 43.5 Å². The summed E-state index contributed by atoms with van der Waals surface area (Å²) in [5.74, 6) is -0.0815. The summed E-state index contributed by atoms with van der Waals surface area (Å²) < 4.78 is 0. The highest BCUT2D eigenvalue weighted by Crippen LogP contribution is 2.32. The van der Waals surface area contributed by atoms with Gasteiger partial charge in [-0.2, -0.15) is 0 Å². The molecule has 0 saturated heterocycles. The van der Waals surface area contributed by atoms with Gasteiger partial charge in [0, 0.05) is 11.1 Å².